The molecule has 2 aromatic carbocycles. The van der Waals surface area contributed by atoms with Gasteiger partial charge in [-0.3, -0.25) is 9.69 Å². The quantitative estimate of drug-likeness (QED) is 0.817. The Bertz CT molecular complexity index is 724. The highest BCUT2D eigenvalue weighted by atomic mass is 16.4. The first kappa shape index (κ1) is 17.7. The second-order valence-corrected chi connectivity index (χ2v) is 5.50. The highest BCUT2D eigenvalue weighted by molar-refractivity contribution is 6.04. The molecule has 0 aliphatic rings. The molecule has 0 saturated carbocycles. The van der Waals surface area contributed by atoms with E-state index in [9.17, 15) is 9.59 Å². The van der Waals surface area contributed by atoms with Crippen LogP contribution in [0.1, 0.15) is 40.1 Å². The van der Waals surface area contributed by atoms with Crippen molar-refractivity contribution in [1.82, 2.24) is 4.90 Å². The van der Waals surface area contributed by atoms with Gasteiger partial charge in [-0.2, -0.15) is 0 Å². The molecule has 1 amide bonds. The standard InChI is InChI=1S/C19H22N2O3/c1-3-21(4-2)13-14-7-5-8-15(11-14)18(22)20-17-10-6-9-16(12-17)19(23)24/h5-12H,3-4,13H2,1-2H3,(H,20,22)(H,23,24). The van der Waals surface area contributed by atoms with Crippen LogP contribution in [0.5, 0.6) is 0 Å². The molecule has 0 aliphatic heterocycles. The first-order valence-electron chi connectivity index (χ1n) is 7.99. The molecule has 0 fully saturated rings. The molecule has 5 nitrogen and oxygen atoms in total. The summed E-state index contributed by atoms with van der Waals surface area (Å²) in [4.78, 5) is 25.7. The first-order valence-corrected chi connectivity index (χ1v) is 7.99. The Kier molecular flexibility index (Phi) is 6.09. The van der Waals surface area contributed by atoms with Gasteiger partial charge < -0.3 is 10.4 Å². The molecule has 0 aromatic heterocycles. The third-order valence-corrected chi connectivity index (χ3v) is 3.86. The fraction of sp³-hybridized carbons (Fsp3) is 0.263. The molecule has 0 saturated heterocycles. The molecule has 2 rings (SSSR count). The summed E-state index contributed by atoms with van der Waals surface area (Å²) in [6.45, 7) is 6.91. The number of aromatic carboxylic acids is 1. The van der Waals surface area contributed by atoms with Crippen molar-refractivity contribution in [2.75, 3.05) is 18.4 Å². The molecular formula is C19H22N2O3. The Hall–Kier alpha value is -2.66. The highest BCUT2D eigenvalue weighted by Gasteiger charge is 2.10. The first-order chi connectivity index (χ1) is 11.5. The Morgan fingerprint density at radius 1 is 1.00 bits per heavy atom. The molecule has 126 valence electrons. The summed E-state index contributed by atoms with van der Waals surface area (Å²) in [6.07, 6.45) is 0. The number of anilines is 1. The molecule has 0 unspecified atom stereocenters. The summed E-state index contributed by atoms with van der Waals surface area (Å²) < 4.78 is 0. The van der Waals surface area contributed by atoms with E-state index < -0.39 is 5.97 Å². The van der Waals surface area contributed by atoms with Crippen LogP contribution in [0.2, 0.25) is 0 Å². The van der Waals surface area contributed by atoms with E-state index in [-0.39, 0.29) is 11.5 Å². The van der Waals surface area contributed by atoms with E-state index in [1.54, 1.807) is 18.2 Å². The van der Waals surface area contributed by atoms with Crippen LogP contribution in [0.15, 0.2) is 48.5 Å². The highest BCUT2D eigenvalue weighted by Crippen LogP contribution is 2.14. The lowest BCUT2D eigenvalue weighted by molar-refractivity contribution is 0.0696. The molecule has 0 aliphatic carbocycles. The van der Waals surface area contributed by atoms with Gasteiger partial charge in [0.25, 0.3) is 5.91 Å². The fourth-order valence-corrected chi connectivity index (χ4v) is 2.45. The number of carboxylic acids is 1. The number of nitrogens with one attached hydrogen (secondary N) is 1. The van der Waals surface area contributed by atoms with E-state index in [1.807, 2.05) is 18.2 Å². The minimum absolute atomic E-state index is 0.142. The fourth-order valence-electron chi connectivity index (χ4n) is 2.45. The average molecular weight is 326 g/mol. The third-order valence-electron chi connectivity index (χ3n) is 3.86. The maximum atomic E-state index is 12.4. The van der Waals surface area contributed by atoms with Crippen molar-refractivity contribution in [3.8, 4) is 0 Å². The van der Waals surface area contributed by atoms with Gasteiger partial charge in [0, 0.05) is 17.8 Å². The number of carbonyl (C=O) groups is 2. The summed E-state index contributed by atoms with van der Waals surface area (Å²) in [5.41, 5.74) is 2.24. The van der Waals surface area contributed by atoms with Gasteiger partial charge in [-0.1, -0.05) is 32.0 Å². The molecule has 0 spiro atoms. The van der Waals surface area contributed by atoms with E-state index in [1.165, 1.54) is 12.1 Å². The van der Waals surface area contributed by atoms with Crippen LogP contribution >= 0.6 is 0 Å². The lowest BCUT2D eigenvalue weighted by Gasteiger charge is -2.18. The lowest BCUT2D eigenvalue weighted by atomic mass is 10.1. The Balaban J connectivity index is 2.12. The molecule has 5 heteroatoms. The zero-order valence-corrected chi connectivity index (χ0v) is 14.0. The number of hydrogen-bond donors (Lipinski definition) is 2. The van der Waals surface area contributed by atoms with Crippen molar-refractivity contribution >= 4 is 17.6 Å². The topological polar surface area (TPSA) is 69.6 Å². The van der Waals surface area contributed by atoms with Crippen LogP contribution in [-0.2, 0) is 6.54 Å². The molecule has 0 radical (unpaired) electrons. The number of hydrogen-bond acceptors (Lipinski definition) is 3. The van der Waals surface area contributed by atoms with E-state index in [0.29, 0.717) is 11.3 Å². The van der Waals surface area contributed by atoms with Gasteiger partial charge in [-0.25, -0.2) is 4.79 Å². The third kappa shape index (κ3) is 4.67. The van der Waals surface area contributed by atoms with Gasteiger partial charge in [0.15, 0.2) is 0 Å². The molecule has 2 N–H and O–H groups in total. The van der Waals surface area contributed by atoms with Crippen molar-refractivity contribution in [3.05, 3.63) is 65.2 Å². The van der Waals surface area contributed by atoms with Crippen molar-refractivity contribution in [3.63, 3.8) is 0 Å². The summed E-state index contributed by atoms with van der Waals surface area (Å²) >= 11 is 0. The van der Waals surface area contributed by atoms with Crippen molar-refractivity contribution in [2.24, 2.45) is 0 Å². The van der Waals surface area contributed by atoms with Crippen molar-refractivity contribution in [2.45, 2.75) is 20.4 Å². The SMILES string of the molecule is CCN(CC)Cc1cccc(C(=O)Nc2cccc(C(=O)O)c2)c1. The largest absolute Gasteiger partial charge is 0.478 e. The second kappa shape index (κ2) is 8.26. The number of carbonyl (C=O) groups excluding carboxylic acids is 1. The van der Waals surface area contributed by atoms with Crippen LogP contribution in [0.4, 0.5) is 5.69 Å². The minimum atomic E-state index is -1.02. The second-order valence-electron chi connectivity index (χ2n) is 5.50. The monoisotopic (exact) mass is 326 g/mol. The van der Waals surface area contributed by atoms with Gasteiger partial charge in [0.2, 0.25) is 0 Å². The normalized spacial score (nSPS) is 10.6. The van der Waals surface area contributed by atoms with Crippen LogP contribution in [0.3, 0.4) is 0 Å². The van der Waals surface area contributed by atoms with Crippen molar-refractivity contribution < 1.29 is 14.7 Å². The van der Waals surface area contributed by atoms with E-state index >= 15 is 0 Å². The zero-order valence-electron chi connectivity index (χ0n) is 14.0. The molecule has 0 atom stereocenters. The number of nitrogens with zero attached hydrogens (tertiary/aromatic N) is 1. The minimum Gasteiger partial charge on any atom is -0.478 e. The predicted molar refractivity (Wildman–Crippen MR) is 94.4 cm³/mol. The summed E-state index contributed by atoms with van der Waals surface area (Å²) in [7, 11) is 0. The van der Waals surface area contributed by atoms with E-state index in [2.05, 4.69) is 24.1 Å². The number of rotatable bonds is 7. The maximum absolute atomic E-state index is 12.4. The van der Waals surface area contributed by atoms with Gasteiger partial charge in [-0.05, 0) is 49.0 Å². The summed E-state index contributed by atoms with van der Waals surface area (Å²) in [5.74, 6) is -1.27. The van der Waals surface area contributed by atoms with Gasteiger partial charge in [-0.15, -0.1) is 0 Å². The summed E-state index contributed by atoms with van der Waals surface area (Å²) in [5, 5.41) is 11.8. The Morgan fingerprint density at radius 2 is 1.67 bits per heavy atom. The molecule has 2 aromatic rings. The number of carboxylic acid groups (broad SMARTS) is 1. The predicted octanol–water partition coefficient (Wildman–Crippen LogP) is 3.48. The lowest BCUT2D eigenvalue weighted by Crippen LogP contribution is -2.22. The van der Waals surface area contributed by atoms with E-state index in [0.717, 1.165) is 25.2 Å². The van der Waals surface area contributed by atoms with Crippen LogP contribution in [0, 0.1) is 0 Å². The number of amides is 1. The molecule has 24 heavy (non-hydrogen) atoms. The van der Waals surface area contributed by atoms with Crippen LogP contribution < -0.4 is 5.32 Å². The average Bonchev–Trinajstić information content (AvgIpc) is 2.60. The van der Waals surface area contributed by atoms with Gasteiger partial charge in [0.1, 0.15) is 0 Å². The molecule has 0 bridgehead atoms. The number of benzene rings is 2. The smallest absolute Gasteiger partial charge is 0.335 e. The van der Waals surface area contributed by atoms with E-state index in [4.69, 9.17) is 5.11 Å². The van der Waals surface area contributed by atoms with Crippen LogP contribution in [-0.4, -0.2) is 35.0 Å². The van der Waals surface area contributed by atoms with Crippen LogP contribution in [0.25, 0.3) is 0 Å². The van der Waals surface area contributed by atoms with Crippen molar-refractivity contribution in [1.29, 1.82) is 0 Å². The molecule has 0 heterocycles. The Labute approximate surface area is 141 Å². The Morgan fingerprint density at radius 3 is 2.33 bits per heavy atom. The molecular weight excluding hydrogens is 304 g/mol. The summed E-state index contributed by atoms with van der Waals surface area (Å²) in [6, 6.07) is 13.7. The van der Waals surface area contributed by atoms with Gasteiger partial charge >= 0.3 is 5.97 Å². The zero-order chi connectivity index (χ0) is 17.5. The maximum Gasteiger partial charge on any atom is 0.335 e. The van der Waals surface area contributed by atoms with Gasteiger partial charge in [0.05, 0.1) is 5.56 Å².